The average molecular weight is 1300 g/mol. The molecule has 0 saturated heterocycles. The number of carbonyl (C=O) groups is 2. The van der Waals surface area contributed by atoms with E-state index in [0.29, 0.717) is 33.6 Å². The van der Waals surface area contributed by atoms with Gasteiger partial charge in [0.25, 0.3) is 23.8 Å². The highest BCUT2D eigenvalue weighted by molar-refractivity contribution is 6.07. The molecule has 0 bridgehead atoms. The molecule has 1 spiro atoms. The number of anilines is 6. The molecule has 0 radical (unpaired) electrons. The van der Waals surface area contributed by atoms with Gasteiger partial charge in [-0.25, -0.2) is 0 Å². The van der Waals surface area contributed by atoms with Gasteiger partial charge in [0.2, 0.25) is 0 Å². The van der Waals surface area contributed by atoms with E-state index >= 15 is 0 Å². The Morgan fingerprint density at radius 3 is 1.10 bits per heavy atom. The molecule has 0 unspecified atom stereocenters. The molecule has 14 nitrogen and oxygen atoms in total. The molecule has 12 aromatic rings. The van der Waals surface area contributed by atoms with Crippen LogP contribution in [0.3, 0.4) is 0 Å². The Kier molecular flexibility index (Phi) is 13.9. The van der Waals surface area contributed by atoms with Gasteiger partial charge >= 0.3 is 0 Å². The van der Waals surface area contributed by atoms with E-state index in [0.717, 1.165) is 77.9 Å². The minimum absolute atomic E-state index is 0.00138. The van der Waals surface area contributed by atoms with Gasteiger partial charge in [0, 0.05) is 34.6 Å². The summed E-state index contributed by atoms with van der Waals surface area (Å²) in [4.78, 5) is 68.7. The highest BCUT2D eigenvalue weighted by Gasteiger charge is 2.52. The van der Waals surface area contributed by atoms with Crippen molar-refractivity contribution in [2.24, 2.45) is 0 Å². The lowest BCUT2D eigenvalue weighted by Gasteiger charge is -2.31. The first kappa shape index (κ1) is 61.5. The van der Waals surface area contributed by atoms with E-state index in [4.69, 9.17) is 27.6 Å². The van der Waals surface area contributed by atoms with E-state index in [1.54, 1.807) is 36.4 Å². The second-order valence-corrected chi connectivity index (χ2v) is 32.4. The van der Waals surface area contributed by atoms with Crippen molar-refractivity contribution in [1.29, 1.82) is 0 Å². The summed E-state index contributed by atoms with van der Waals surface area (Å²) in [6, 6.07) is 41.4. The summed E-state index contributed by atoms with van der Waals surface area (Å²) in [5.41, 5.74) is 12.3. The number of rotatable bonds is 8. The first-order valence-electron chi connectivity index (χ1n) is 34.1. The molecule has 14 rings (SSSR count). The maximum Gasteiger partial charge on any atom is 0.300 e. The van der Waals surface area contributed by atoms with Gasteiger partial charge in [0.05, 0.1) is 30.3 Å². The van der Waals surface area contributed by atoms with E-state index in [9.17, 15) is 21.9 Å². The number of hydrogen-bond donors (Lipinski definition) is 4. The zero-order valence-corrected chi connectivity index (χ0v) is 58.4. The third-order valence-corrected chi connectivity index (χ3v) is 19.1. The quantitative estimate of drug-likeness (QED) is 0.113. The number of nitrogens with one attached hydrogen (secondary N) is 4. The van der Waals surface area contributed by atoms with E-state index < -0.39 is 38.9 Å². The fourth-order valence-corrected chi connectivity index (χ4v) is 13.7. The Morgan fingerprint density at radius 1 is 0.392 bits per heavy atom. The zero-order valence-electron chi connectivity index (χ0n) is 60.4. The fraction of sp³-hybridized carbons (Fsp3) is 0.301. The van der Waals surface area contributed by atoms with Crippen molar-refractivity contribution in [3.05, 3.63) is 233 Å². The molecule has 14 heteroatoms. The molecule has 0 fully saturated rings. The second kappa shape index (κ2) is 21.8. The number of oxazole rings is 2. The highest BCUT2D eigenvalue weighted by atomic mass is 16.4. The SMILES string of the molecule is [3H]c1cc2c(cc1NC(=O)c1cc(=O)c3cc(C(C)(C)C)cc(Nc4nc5cc(C(C)(C)C)cc(C(C)(C)C)c5o4)c3o1)C1(c3ccccc3-2)c2ccccc2-c2cc([3H])c(NC(=O)c3cc(=O)c4cc(C(C)(C)C)cc(Nc5nc6cc(C(C)(C)C)cc(C(C)(C)C)c6o5)c4o3)cc21. The van der Waals surface area contributed by atoms with Crippen LogP contribution in [-0.2, 0) is 37.9 Å². The molecular formula is C83H82N6O8. The van der Waals surface area contributed by atoms with Crippen molar-refractivity contribution in [2.45, 2.75) is 163 Å². The lowest BCUT2D eigenvalue weighted by molar-refractivity contribution is 0.0990. The lowest BCUT2D eigenvalue weighted by atomic mass is 9.70. The van der Waals surface area contributed by atoms with Crippen LogP contribution in [0.4, 0.5) is 34.8 Å². The van der Waals surface area contributed by atoms with E-state index in [2.05, 4.69) is 116 Å². The highest BCUT2D eigenvalue weighted by Crippen LogP contribution is 2.63. The van der Waals surface area contributed by atoms with Crippen LogP contribution in [0.2, 0.25) is 0 Å². The van der Waals surface area contributed by atoms with Gasteiger partial charge in [-0.2, -0.15) is 9.97 Å². The maximum atomic E-state index is 14.9. The monoisotopic (exact) mass is 1290 g/mol. The van der Waals surface area contributed by atoms with Crippen molar-refractivity contribution in [3.8, 4) is 22.3 Å². The fourth-order valence-electron chi connectivity index (χ4n) is 13.7. The zero-order chi connectivity index (χ0) is 70.9. The van der Waals surface area contributed by atoms with Crippen molar-refractivity contribution in [1.82, 2.24) is 9.97 Å². The number of fused-ring (bicyclic) bond motifs is 14. The topological polar surface area (TPSA) is 195 Å². The van der Waals surface area contributed by atoms with E-state index in [-0.39, 0.29) is 90.6 Å². The van der Waals surface area contributed by atoms with Gasteiger partial charge < -0.3 is 38.9 Å². The maximum absolute atomic E-state index is 14.9. The van der Waals surface area contributed by atoms with E-state index in [1.165, 1.54) is 12.1 Å². The molecule has 2 aliphatic rings. The van der Waals surface area contributed by atoms with Crippen LogP contribution >= 0.6 is 0 Å². The predicted octanol–water partition coefficient (Wildman–Crippen LogP) is 20.3. The largest absolute Gasteiger partial charge is 0.448 e. The number of carbonyl (C=O) groups excluding carboxylic acids is 2. The summed E-state index contributed by atoms with van der Waals surface area (Å²) in [5.74, 6) is -2.13. The van der Waals surface area contributed by atoms with Gasteiger partial charge in [-0.15, -0.1) is 0 Å². The first-order chi connectivity index (χ1) is 46.2. The molecule has 4 N–H and O–H groups in total. The lowest BCUT2D eigenvalue weighted by Crippen LogP contribution is -2.26. The first-order valence-corrected chi connectivity index (χ1v) is 33.1. The van der Waals surface area contributed by atoms with Crippen LogP contribution in [0.5, 0.6) is 0 Å². The summed E-state index contributed by atoms with van der Waals surface area (Å²) in [6.45, 7) is 38.0. The average Bonchev–Trinajstić information content (AvgIpc) is 1.51. The van der Waals surface area contributed by atoms with Crippen LogP contribution in [0.25, 0.3) is 66.4 Å². The number of hydrogen-bond acceptors (Lipinski definition) is 12. The minimum Gasteiger partial charge on any atom is -0.448 e. The smallest absolute Gasteiger partial charge is 0.300 e. The molecule has 4 aromatic heterocycles. The standard InChI is InChI=1S/C83H82N6O8/c1-77(2,3)43-31-53-65(90)41-67(94-69(53)61(35-43)86-75-88-63-37-45(79(7,8)9)33-59(71(63)96-75)81(13,14)15)73(92)84-47-27-29-51-49-23-19-21-25-55(49)83(57(51)39-47)56-26-22-20-24-50(56)52-30-28-48(40-58(52)83)85-74(93)68-42-66(91)54-32-44(78(4,5)6)36-62(70(54)95-68)87-76-89-64-38-46(80(10,11)12)34-60(72(64)97-76)82(16,17)18/h19-42H,1-18H3,(H,84,92)(H,85,93)(H,86,88)(H,87,89)/i27T,28T. The van der Waals surface area contributed by atoms with Crippen LogP contribution < -0.4 is 32.1 Å². The Bertz CT molecular complexity index is 5250. The number of benzene rings is 8. The molecule has 0 saturated carbocycles. The van der Waals surface area contributed by atoms with Crippen LogP contribution in [0.15, 0.2) is 173 Å². The molecule has 492 valence electrons. The number of amides is 2. The van der Waals surface area contributed by atoms with Gasteiger partial charge in [0.15, 0.2) is 44.7 Å². The molecule has 2 aliphatic carbocycles. The van der Waals surface area contributed by atoms with Gasteiger partial charge in [-0.3, -0.25) is 19.2 Å². The summed E-state index contributed by atoms with van der Waals surface area (Å²) < 4.78 is 45.3. The Balaban J connectivity index is 0.839. The molecule has 8 aromatic carbocycles. The number of nitrogens with zero attached hydrogens (tertiary/aromatic N) is 2. The number of aromatic nitrogens is 2. The van der Waals surface area contributed by atoms with Gasteiger partial charge in [-0.05, 0) is 160 Å². The van der Waals surface area contributed by atoms with Gasteiger partial charge in [-0.1, -0.05) is 197 Å². The summed E-state index contributed by atoms with van der Waals surface area (Å²) in [5, 5.41) is 13.1. The summed E-state index contributed by atoms with van der Waals surface area (Å²) in [6.07, 6.45) is 0. The second-order valence-electron chi connectivity index (χ2n) is 32.4. The van der Waals surface area contributed by atoms with Crippen molar-refractivity contribution in [3.63, 3.8) is 0 Å². The summed E-state index contributed by atoms with van der Waals surface area (Å²) in [7, 11) is 0. The molecule has 97 heavy (non-hydrogen) atoms. The molecular weight excluding hydrogens is 1210 g/mol. The Morgan fingerprint density at radius 2 is 0.742 bits per heavy atom. The van der Waals surface area contributed by atoms with Crippen LogP contribution in [0.1, 0.15) is 204 Å². The normalized spacial score (nSPS) is 14.0. The molecule has 4 heterocycles. The molecule has 2 amide bonds. The van der Waals surface area contributed by atoms with Crippen LogP contribution in [0, 0.1) is 0 Å². The predicted molar refractivity (Wildman–Crippen MR) is 390 cm³/mol. The third-order valence-electron chi connectivity index (χ3n) is 19.1. The Labute approximate surface area is 567 Å². The Hall–Kier alpha value is -10.3. The third kappa shape index (κ3) is 11.0. The molecule has 0 atom stereocenters. The van der Waals surface area contributed by atoms with Crippen LogP contribution in [-0.4, -0.2) is 21.8 Å². The van der Waals surface area contributed by atoms with E-state index in [1.807, 2.05) is 114 Å². The van der Waals surface area contributed by atoms with Gasteiger partial charge in [0.1, 0.15) is 11.0 Å². The molecule has 0 aliphatic heterocycles. The van der Waals surface area contributed by atoms with Crippen molar-refractivity contribution >= 4 is 90.7 Å². The summed E-state index contributed by atoms with van der Waals surface area (Å²) >= 11 is 0. The van der Waals surface area contributed by atoms with Crippen molar-refractivity contribution in [2.75, 3.05) is 21.3 Å². The minimum atomic E-state index is -1.13. The van der Waals surface area contributed by atoms with Crippen molar-refractivity contribution < 1.29 is 30.0 Å².